The fourth-order valence-corrected chi connectivity index (χ4v) is 2.16. The van der Waals surface area contributed by atoms with Gasteiger partial charge in [-0.05, 0) is 13.3 Å². The lowest BCUT2D eigenvalue weighted by atomic mass is 10.3. The van der Waals surface area contributed by atoms with E-state index in [0.717, 1.165) is 12.8 Å². The summed E-state index contributed by atoms with van der Waals surface area (Å²) >= 11 is 0. The van der Waals surface area contributed by atoms with Gasteiger partial charge in [-0.3, -0.25) is 14.5 Å². The lowest BCUT2D eigenvalue weighted by molar-refractivity contribution is -0.143. The molecule has 0 saturated carbocycles. The number of hydrogen-bond donors (Lipinski definition) is 2. The van der Waals surface area contributed by atoms with E-state index in [-0.39, 0.29) is 56.2 Å². The molecule has 9 nitrogen and oxygen atoms in total. The number of fused-ring (bicyclic) bond motifs is 1. The summed E-state index contributed by atoms with van der Waals surface area (Å²) in [7, 11) is 0. The first kappa shape index (κ1) is 20.9. The van der Waals surface area contributed by atoms with Crippen LogP contribution in [0.25, 0.3) is 0 Å². The molecule has 0 saturated heterocycles. The van der Waals surface area contributed by atoms with E-state index in [1.54, 1.807) is 6.92 Å². The number of aliphatic hydroxyl groups is 1. The summed E-state index contributed by atoms with van der Waals surface area (Å²) in [6.45, 7) is 3.75. The average Bonchev–Trinajstić information content (AvgIpc) is 2.55. The van der Waals surface area contributed by atoms with Gasteiger partial charge in [-0.1, -0.05) is 13.3 Å². The van der Waals surface area contributed by atoms with Crippen molar-refractivity contribution in [3.05, 3.63) is 5.82 Å². The van der Waals surface area contributed by atoms with Gasteiger partial charge in [0.15, 0.2) is 18.2 Å². The Morgan fingerprint density at radius 2 is 2.20 bits per heavy atom. The summed E-state index contributed by atoms with van der Waals surface area (Å²) in [6.07, 6.45) is 1.69. The van der Waals surface area contributed by atoms with Gasteiger partial charge in [-0.15, -0.1) is 12.4 Å². The maximum Gasteiger partial charge on any atom is 0.326 e. The quantitative estimate of drug-likeness (QED) is 0.504. The molecule has 10 heteroatoms. The molecule has 25 heavy (non-hydrogen) atoms. The largest absolute Gasteiger partial charge is 0.476 e. The number of aryl methyl sites for hydroxylation is 1. The molecule has 0 aromatic carbocycles. The molecule has 1 aliphatic heterocycles. The standard InChI is InChI=1S/C15H22N4O5.ClH/c1-3-4-7-23-12(22)8-19-11(21)9-24-13-14(16-5-6-20)17-10(2)18-15(13)19;/h20H,3-9H2,1-2H3,(H,16,17,18);1H. The minimum absolute atomic E-state index is 0. The van der Waals surface area contributed by atoms with E-state index >= 15 is 0 Å². The number of esters is 1. The van der Waals surface area contributed by atoms with E-state index in [9.17, 15) is 9.59 Å². The number of ether oxygens (including phenoxy) is 2. The lowest BCUT2D eigenvalue weighted by Gasteiger charge is -2.28. The highest BCUT2D eigenvalue weighted by Gasteiger charge is 2.32. The number of aromatic nitrogens is 2. The zero-order valence-corrected chi connectivity index (χ0v) is 15.1. The van der Waals surface area contributed by atoms with E-state index in [0.29, 0.717) is 18.2 Å². The zero-order valence-electron chi connectivity index (χ0n) is 14.3. The Bertz CT molecular complexity index is 614. The van der Waals surface area contributed by atoms with E-state index < -0.39 is 5.97 Å². The molecular weight excluding hydrogens is 352 g/mol. The molecule has 2 N–H and O–H groups in total. The number of anilines is 2. The van der Waals surface area contributed by atoms with Gasteiger partial charge in [0, 0.05) is 6.54 Å². The van der Waals surface area contributed by atoms with Crippen LogP contribution in [0.5, 0.6) is 5.75 Å². The predicted molar refractivity (Wildman–Crippen MR) is 93.3 cm³/mol. The fourth-order valence-electron chi connectivity index (χ4n) is 2.16. The van der Waals surface area contributed by atoms with Crippen LogP contribution < -0.4 is 15.0 Å². The molecule has 0 aliphatic carbocycles. The van der Waals surface area contributed by atoms with E-state index in [1.165, 1.54) is 4.90 Å². The molecular formula is C15H23ClN4O5. The smallest absolute Gasteiger partial charge is 0.326 e. The van der Waals surface area contributed by atoms with Crippen LogP contribution in [0.15, 0.2) is 0 Å². The number of nitrogens with one attached hydrogen (secondary N) is 1. The lowest BCUT2D eigenvalue weighted by Crippen LogP contribution is -2.43. The van der Waals surface area contributed by atoms with Crippen molar-refractivity contribution in [2.45, 2.75) is 26.7 Å². The van der Waals surface area contributed by atoms with Gasteiger partial charge in [-0.25, -0.2) is 9.97 Å². The van der Waals surface area contributed by atoms with Crippen LogP contribution in [0.2, 0.25) is 0 Å². The number of nitrogens with zero attached hydrogens (tertiary/aromatic N) is 3. The third-order valence-corrected chi connectivity index (χ3v) is 3.31. The molecule has 0 fully saturated rings. The highest BCUT2D eigenvalue weighted by Crippen LogP contribution is 2.35. The molecule has 0 bridgehead atoms. The summed E-state index contributed by atoms with van der Waals surface area (Å²) in [5.74, 6) is 0.439. The van der Waals surface area contributed by atoms with E-state index in [1.807, 2.05) is 6.92 Å². The van der Waals surface area contributed by atoms with Crippen LogP contribution >= 0.6 is 12.4 Å². The van der Waals surface area contributed by atoms with Gasteiger partial charge < -0.3 is 19.9 Å². The van der Waals surface area contributed by atoms with Crippen molar-refractivity contribution in [2.75, 3.05) is 43.1 Å². The summed E-state index contributed by atoms with van der Waals surface area (Å²) in [6, 6.07) is 0. The third kappa shape index (κ3) is 5.43. The molecule has 1 aliphatic rings. The van der Waals surface area contributed by atoms with Gasteiger partial charge in [0.1, 0.15) is 12.4 Å². The normalized spacial score (nSPS) is 12.8. The molecule has 0 atom stereocenters. The fraction of sp³-hybridized carbons (Fsp3) is 0.600. The Labute approximate surface area is 152 Å². The Balaban J connectivity index is 0.00000312. The Morgan fingerprint density at radius 3 is 2.88 bits per heavy atom. The first-order chi connectivity index (χ1) is 11.6. The van der Waals surface area contributed by atoms with Crippen molar-refractivity contribution in [1.29, 1.82) is 0 Å². The summed E-state index contributed by atoms with van der Waals surface area (Å²) in [5, 5.41) is 11.9. The number of unbranched alkanes of at least 4 members (excludes halogenated alkanes) is 1. The number of halogens is 1. The Kier molecular flexibility index (Phi) is 8.36. The van der Waals surface area contributed by atoms with Crippen LogP contribution in [0.3, 0.4) is 0 Å². The van der Waals surface area contributed by atoms with Crippen molar-refractivity contribution in [3.8, 4) is 5.75 Å². The molecule has 2 rings (SSSR count). The Hall–Kier alpha value is -2.13. The van der Waals surface area contributed by atoms with Crippen LogP contribution in [0.4, 0.5) is 11.6 Å². The highest BCUT2D eigenvalue weighted by molar-refractivity contribution is 6.01. The second-order valence-corrected chi connectivity index (χ2v) is 5.27. The number of carbonyl (C=O) groups is 2. The number of aliphatic hydroxyl groups excluding tert-OH is 1. The minimum Gasteiger partial charge on any atom is -0.476 e. The van der Waals surface area contributed by atoms with Crippen molar-refractivity contribution in [2.24, 2.45) is 0 Å². The van der Waals surface area contributed by atoms with Crippen molar-refractivity contribution in [3.63, 3.8) is 0 Å². The van der Waals surface area contributed by atoms with Crippen LogP contribution in [0, 0.1) is 6.92 Å². The molecule has 0 spiro atoms. The molecule has 0 unspecified atom stereocenters. The predicted octanol–water partition coefficient (Wildman–Crippen LogP) is 0.680. The van der Waals surface area contributed by atoms with E-state index in [2.05, 4.69) is 15.3 Å². The summed E-state index contributed by atoms with van der Waals surface area (Å²) in [4.78, 5) is 33.7. The van der Waals surface area contributed by atoms with Gasteiger partial charge >= 0.3 is 5.97 Å². The van der Waals surface area contributed by atoms with Crippen LogP contribution in [-0.2, 0) is 14.3 Å². The number of rotatable bonds is 8. The first-order valence-electron chi connectivity index (χ1n) is 7.89. The van der Waals surface area contributed by atoms with Gasteiger partial charge in [-0.2, -0.15) is 0 Å². The zero-order chi connectivity index (χ0) is 17.5. The van der Waals surface area contributed by atoms with Crippen molar-refractivity contribution < 1.29 is 24.2 Å². The van der Waals surface area contributed by atoms with Crippen LogP contribution in [-0.4, -0.2) is 59.9 Å². The molecule has 1 aromatic rings. The maximum absolute atomic E-state index is 12.1. The van der Waals surface area contributed by atoms with Gasteiger partial charge in [0.05, 0.1) is 13.2 Å². The second kappa shape index (κ2) is 10.00. The maximum atomic E-state index is 12.1. The average molecular weight is 375 g/mol. The molecule has 140 valence electrons. The SMILES string of the molecule is CCCCOC(=O)CN1C(=O)COc2c(NCCO)nc(C)nc21.Cl. The summed E-state index contributed by atoms with van der Waals surface area (Å²) < 4.78 is 10.5. The second-order valence-electron chi connectivity index (χ2n) is 5.27. The van der Waals surface area contributed by atoms with Crippen LogP contribution in [0.1, 0.15) is 25.6 Å². The third-order valence-electron chi connectivity index (χ3n) is 3.31. The van der Waals surface area contributed by atoms with Gasteiger partial charge in [0.25, 0.3) is 5.91 Å². The van der Waals surface area contributed by atoms with Crippen molar-refractivity contribution in [1.82, 2.24) is 9.97 Å². The number of carbonyl (C=O) groups excluding carboxylic acids is 2. The van der Waals surface area contributed by atoms with Crippen molar-refractivity contribution >= 4 is 35.9 Å². The monoisotopic (exact) mass is 374 g/mol. The molecule has 1 amide bonds. The first-order valence-corrected chi connectivity index (χ1v) is 7.89. The van der Waals surface area contributed by atoms with E-state index in [4.69, 9.17) is 14.6 Å². The summed E-state index contributed by atoms with van der Waals surface area (Å²) in [5.41, 5.74) is 0. The molecule has 0 radical (unpaired) electrons. The molecule has 2 heterocycles. The highest BCUT2D eigenvalue weighted by atomic mass is 35.5. The minimum atomic E-state index is -0.495. The number of hydrogen-bond acceptors (Lipinski definition) is 8. The topological polar surface area (TPSA) is 114 Å². The van der Waals surface area contributed by atoms with Gasteiger partial charge in [0.2, 0.25) is 5.75 Å². The Morgan fingerprint density at radius 1 is 1.44 bits per heavy atom. The number of amides is 1. The molecule has 1 aromatic heterocycles.